The van der Waals surface area contributed by atoms with E-state index in [2.05, 4.69) is 20.8 Å². The minimum absolute atomic E-state index is 0.0215. The number of rotatable bonds is 4. The number of nitrogens with one attached hydrogen (secondary N) is 1. The number of Topliss-reactive ketones (excluding diaryl/α,β-unsaturated/α-hetero) is 1. The summed E-state index contributed by atoms with van der Waals surface area (Å²) < 4.78 is 11.6. The molecule has 0 saturated carbocycles. The summed E-state index contributed by atoms with van der Waals surface area (Å²) in [5, 5.41) is 14.3. The molecule has 0 radical (unpaired) electrons. The van der Waals surface area contributed by atoms with Crippen molar-refractivity contribution in [2.75, 3.05) is 12.4 Å². The van der Waals surface area contributed by atoms with Gasteiger partial charge in [-0.25, -0.2) is 4.79 Å². The van der Waals surface area contributed by atoms with Crippen LogP contribution in [0.2, 0.25) is 0 Å². The van der Waals surface area contributed by atoms with Crippen molar-refractivity contribution in [1.29, 1.82) is 0 Å². The second-order valence-electron chi connectivity index (χ2n) is 5.97. The molecule has 1 unspecified atom stereocenters. The maximum Gasteiger partial charge on any atom is 0.355 e. The number of benzene rings is 1. The lowest BCUT2D eigenvalue weighted by molar-refractivity contribution is -0.136. The smallest absolute Gasteiger partial charge is 0.355 e. The maximum absolute atomic E-state index is 13.2. The van der Waals surface area contributed by atoms with Crippen LogP contribution >= 0.6 is 0 Å². The first-order valence-electron chi connectivity index (χ1n) is 8.12. The van der Waals surface area contributed by atoms with Gasteiger partial charge >= 0.3 is 5.97 Å². The summed E-state index contributed by atoms with van der Waals surface area (Å²) in [7, 11) is 1.24. The topological polar surface area (TPSA) is 112 Å². The van der Waals surface area contributed by atoms with Gasteiger partial charge in [0.05, 0.1) is 18.9 Å². The minimum Gasteiger partial charge on any atom is -0.464 e. The van der Waals surface area contributed by atoms with Crippen molar-refractivity contribution in [2.24, 2.45) is 0 Å². The van der Waals surface area contributed by atoms with E-state index in [4.69, 9.17) is 9.15 Å². The summed E-state index contributed by atoms with van der Waals surface area (Å²) in [5.74, 6) is -0.824. The molecule has 3 heterocycles. The number of allylic oxidation sites excluding steroid dienone is 1. The van der Waals surface area contributed by atoms with Gasteiger partial charge in [0.2, 0.25) is 11.7 Å². The van der Waals surface area contributed by atoms with E-state index in [1.807, 2.05) is 31.2 Å². The second-order valence-corrected chi connectivity index (χ2v) is 5.97. The molecule has 1 aliphatic heterocycles. The number of carbonyl (C=O) groups is 2. The summed E-state index contributed by atoms with van der Waals surface area (Å²) >= 11 is 0. The van der Waals surface area contributed by atoms with Crippen molar-refractivity contribution in [3.05, 3.63) is 70.8 Å². The van der Waals surface area contributed by atoms with Gasteiger partial charge in [0.15, 0.2) is 5.76 Å². The summed E-state index contributed by atoms with van der Waals surface area (Å²) in [5.41, 5.74) is 1.92. The number of ketones is 1. The van der Waals surface area contributed by atoms with E-state index in [1.165, 1.54) is 24.1 Å². The van der Waals surface area contributed by atoms with E-state index in [0.29, 0.717) is 0 Å². The Kier molecular flexibility index (Phi) is 4.03. The molecular weight excluding hydrogens is 350 g/mol. The molecule has 0 amide bonds. The first-order valence-corrected chi connectivity index (χ1v) is 8.12. The van der Waals surface area contributed by atoms with Crippen LogP contribution in [-0.4, -0.2) is 39.1 Å². The number of hydrogen-bond acceptors (Lipinski definition) is 8. The van der Waals surface area contributed by atoms with Crippen molar-refractivity contribution in [3.8, 4) is 0 Å². The van der Waals surface area contributed by atoms with Crippen LogP contribution < -0.4 is 5.32 Å². The van der Waals surface area contributed by atoms with Crippen LogP contribution in [0.4, 0.5) is 5.95 Å². The van der Waals surface area contributed by atoms with Crippen molar-refractivity contribution in [3.63, 3.8) is 0 Å². The number of aromatic nitrogens is 4. The van der Waals surface area contributed by atoms with Crippen molar-refractivity contribution in [2.45, 2.75) is 13.0 Å². The van der Waals surface area contributed by atoms with Gasteiger partial charge in [-0.2, -0.15) is 4.68 Å². The number of hydrogen-bond donors (Lipinski definition) is 1. The lowest BCUT2D eigenvalue weighted by Crippen LogP contribution is -2.32. The van der Waals surface area contributed by atoms with Gasteiger partial charge in [-0.15, -0.1) is 0 Å². The summed E-state index contributed by atoms with van der Waals surface area (Å²) in [4.78, 5) is 25.6. The van der Waals surface area contributed by atoms with Gasteiger partial charge in [0.1, 0.15) is 11.7 Å². The molecule has 4 rings (SSSR count). The number of nitrogens with zero attached hydrogens (tertiary/aromatic N) is 4. The van der Waals surface area contributed by atoms with Gasteiger partial charge in [-0.3, -0.25) is 4.79 Å². The van der Waals surface area contributed by atoms with Gasteiger partial charge in [-0.1, -0.05) is 34.9 Å². The molecule has 0 fully saturated rings. The quantitative estimate of drug-likeness (QED) is 0.551. The Morgan fingerprint density at radius 1 is 1.22 bits per heavy atom. The fraction of sp³-hybridized carbons (Fsp3) is 0.167. The van der Waals surface area contributed by atoms with E-state index < -0.39 is 17.8 Å². The number of esters is 1. The summed E-state index contributed by atoms with van der Waals surface area (Å²) in [6.45, 7) is 1.96. The average molecular weight is 365 g/mol. The monoisotopic (exact) mass is 365 g/mol. The maximum atomic E-state index is 13.2. The molecule has 0 saturated heterocycles. The molecule has 1 aromatic carbocycles. The van der Waals surface area contributed by atoms with Crippen LogP contribution in [-0.2, 0) is 9.53 Å². The van der Waals surface area contributed by atoms with E-state index in [1.54, 1.807) is 6.07 Å². The zero-order valence-electron chi connectivity index (χ0n) is 14.5. The lowest BCUT2D eigenvalue weighted by atomic mass is 9.91. The van der Waals surface area contributed by atoms with Crippen molar-refractivity contribution >= 4 is 17.7 Å². The Morgan fingerprint density at radius 2 is 2.00 bits per heavy atom. The van der Waals surface area contributed by atoms with Crippen LogP contribution in [0.3, 0.4) is 0 Å². The number of furan rings is 1. The van der Waals surface area contributed by atoms with E-state index >= 15 is 0 Å². The Labute approximate surface area is 153 Å². The molecule has 136 valence electrons. The fourth-order valence-corrected chi connectivity index (χ4v) is 2.99. The van der Waals surface area contributed by atoms with Gasteiger partial charge in [-0.05, 0) is 35.0 Å². The number of carbonyl (C=O) groups excluding carboxylic acids is 2. The lowest BCUT2D eigenvalue weighted by Gasteiger charge is -2.27. The predicted molar refractivity (Wildman–Crippen MR) is 92.8 cm³/mol. The second kappa shape index (κ2) is 6.52. The molecule has 9 nitrogen and oxygen atoms in total. The molecule has 0 bridgehead atoms. The zero-order valence-corrected chi connectivity index (χ0v) is 14.5. The summed E-state index contributed by atoms with van der Waals surface area (Å²) in [6.07, 6.45) is 1.39. The number of methoxy groups -OCH3 is 1. The average Bonchev–Trinajstić information content (AvgIpc) is 3.37. The number of tetrazole rings is 1. The molecular formula is C18H15N5O4. The zero-order chi connectivity index (χ0) is 19.0. The van der Waals surface area contributed by atoms with Crippen LogP contribution in [0.15, 0.2) is 58.3 Å². The third kappa shape index (κ3) is 2.78. The molecule has 9 heteroatoms. The molecule has 3 aromatic rings. The molecule has 1 N–H and O–H groups in total. The molecule has 27 heavy (non-hydrogen) atoms. The van der Waals surface area contributed by atoms with Gasteiger partial charge in [0.25, 0.3) is 0 Å². The Balaban J connectivity index is 1.95. The highest BCUT2D eigenvalue weighted by atomic mass is 16.5. The highest BCUT2D eigenvalue weighted by molar-refractivity contribution is 6.13. The Bertz CT molecular complexity index is 1030. The largest absolute Gasteiger partial charge is 0.464 e. The van der Waals surface area contributed by atoms with Gasteiger partial charge in [0, 0.05) is 0 Å². The van der Waals surface area contributed by atoms with E-state index in [0.717, 1.165) is 11.1 Å². The minimum atomic E-state index is -0.719. The number of aryl methyl sites for hydroxylation is 1. The van der Waals surface area contributed by atoms with Crippen LogP contribution in [0.25, 0.3) is 0 Å². The van der Waals surface area contributed by atoms with E-state index in [-0.39, 0.29) is 23.0 Å². The first kappa shape index (κ1) is 16.7. The standard InChI is InChI=1S/C18H15N5O4/c1-10-5-7-11(8-6-10)15-13(16(24)12-4-3-9-27-12)14(17(25)26-2)19-18-20-21-22-23(15)18/h3-9,15H,1-2H3,(H,19,20,22). The van der Waals surface area contributed by atoms with Crippen LogP contribution in [0.5, 0.6) is 0 Å². The molecule has 0 spiro atoms. The highest BCUT2D eigenvalue weighted by Gasteiger charge is 2.39. The third-order valence-corrected chi connectivity index (χ3v) is 4.29. The third-order valence-electron chi connectivity index (χ3n) is 4.29. The Hall–Kier alpha value is -3.75. The molecule has 1 aliphatic rings. The Morgan fingerprint density at radius 3 is 2.67 bits per heavy atom. The molecule has 1 atom stereocenters. The van der Waals surface area contributed by atoms with E-state index in [9.17, 15) is 9.59 Å². The van der Waals surface area contributed by atoms with Crippen molar-refractivity contribution < 1.29 is 18.7 Å². The fourth-order valence-electron chi connectivity index (χ4n) is 2.99. The SMILES string of the molecule is COC(=O)C1=C(C(=O)c2ccco2)C(c2ccc(C)cc2)n2nnnc2N1. The summed E-state index contributed by atoms with van der Waals surface area (Å²) in [6, 6.07) is 9.96. The first-order chi connectivity index (χ1) is 13.1. The number of anilines is 1. The predicted octanol–water partition coefficient (Wildman–Crippen LogP) is 1.90. The van der Waals surface area contributed by atoms with Crippen molar-refractivity contribution in [1.82, 2.24) is 20.2 Å². The molecule has 0 aliphatic carbocycles. The van der Waals surface area contributed by atoms with Gasteiger partial charge < -0.3 is 14.5 Å². The number of ether oxygens (including phenoxy) is 1. The van der Waals surface area contributed by atoms with Crippen LogP contribution in [0.1, 0.15) is 27.7 Å². The number of fused-ring (bicyclic) bond motifs is 1. The van der Waals surface area contributed by atoms with Crippen LogP contribution in [0, 0.1) is 6.92 Å². The normalized spacial score (nSPS) is 15.9. The molecule has 2 aromatic heterocycles. The highest BCUT2D eigenvalue weighted by Crippen LogP contribution is 2.36.